The van der Waals surface area contributed by atoms with Crippen LogP contribution in [0, 0.1) is 10.8 Å². The zero-order chi connectivity index (χ0) is 14.4. The molecule has 4 heteroatoms. The molecular formula is C14H27NO3. The molecule has 0 aromatic heterocycles. The van der Waals surface area contributed by atoms with Gasteiger partial charge < -0.3 is 14.8 Å². The number of ketones is 1. The van der Waals surface area contributed by atoms with Gasteiger partial charge in [0.1, 0.15) is 5.78 Å². The first-order chi connectivity index (χ1) is 8.04. The second-order valence-electron chi connectivity index (χ2n) is 6.61. The van der Waals surface area contributed by atoms with Gasteiger partial charge in [0.25, 0.3) is 0 Å². The van der Waals surface area contributed by atoms with Crippen LogP contribution in [0.4, 0.5) is 0 Å². The molecule has 0 rings (SSSR count). The van der Waals surface area contributed by atoms with Crippen LogP contribution in [0.1, 0.15) is 48.0 Å². The summed E-state index contributed by atoms with van der Waals surface area (Å²) in [6, 6.07) is 0. The summed E-state index contributed by atoms with van der Waals surface area (Å²) in [5.74, 6) is 0.154. The van der Waals surface area contributed by atoms with Gasteiger partial charge in [-0.2, -0.15) is 0 Å². The van der Waals surface area contributed by atoms with Crippen molar-refractivity contribution in [2.75, 3.05) is 19.8 Å². The number of nitrogens with one attached hydrogen (secondary N) is 1. The SMILES string of the molecule is CC(=O)CC(C)(C)COCC(C)(C)CNC(C)=O. The van der Waals surface area contributed by atoms with E-state index in [1.807, 2.05) is 27.7 Å². The van der Waals surface area contributed by atoms with Crippen LogP contribution in [-0.2, 0) is 14.3 Å². The normalized spacial score (nSPS) is 12.3. The van der Waals surface area contributed by atoms with Crippen molar-refractivity contribution in [1.29, 1.82) is 0 Å². The van der Waals surface area contributed by atoms with E-state index >= 15 is 0 Å². The molecule has 0 aliphatic rings. The van der Waals surface area contributed by atoms with Gasteiger partial charge >= 0.3 is 0 Å². The number of amides is 1. The first-order valence-corrected chi connectivity index (χ1v) is 6.36. The lowest BCUT2D eigenvalue weighted by Crippen LogP contribution is -2.36. The summed E-state index contributed by atoms with van der Waals surface area (Å²) in [5, 5.41) is 2.79. The summed E-state index contributed by atoms with van der Waals surface area (Å²) in [7, 11) is 0. The number of hydrogen-bond acceptors (Lipinski definition) is 3. The zero-order valence-electron chi connectivity index (χ0n) is 12.6. The maximum atomic E-state index is 11.1. The van der Waals surface area contributed by atoms with Gasteiger partial charge in [-0.15, -0.1) is 0 Å². The average molecular weight is 257 g/mol. The molecule has 0 aromatic rings. The third kappa shape index (κ3) is 9.16. The van der Waals surface area contributed by atoms with Gasteiger partial charge in [0, 0.05) is 25.3 Å². The summed E-state index contributed by atoms with van der Waals surface area (Å²) >= 11 is 0. The first kappa shape index (κ1) is 17.1. The Labute approximate surface area is 110 Å². The summed E-state index contributed by atoms with van der Waals surface area (Å²) < 4.78 is 5.69. The molecule has 0 aromatic carbocycles. The van der Waals surface area contributed by atoms with Crippen LogP contribution in [-0.4, -0.2) is 31.4 Å². The summed E-state index contributed by atoms with van der Waals surface area (Å²) in [6.45, 7) is 12.9. The molecule has 0 fully saturated rings. The van der Waals surface area contributed by atoms with Crippen LogP contribution in [0.15, 0.2) is 0 Å². The fraction of sp³-hybridized carbons (Fsp3) is 0.857. The quantitative estimate of drug-likeness (QED) is 0.725. The predicted molar refractivity (Wildman–Crippen MR) is 72.4 cm³/mol. The van der Waals surface area contributed by atoms with Gasteiger partial charge in [0.05, 0.1) is 13.2 Å². The standard InChI is InChI=1S/C14H27NO3/c1-11(16)7-13(3,4)9-18-10-14(5,6)8-15-12(2)17/h7-10H2,1-6H3,(H,15,17). The van der Waals surface area contributed by atoms with Crippen molar-refractivity contribution >= 4 is 11.7 Å². The summed E-state index contributed by atoms with van der Waals surface area (Å²) in [4.78, 5) is 21.9. The van der Waals surface area contributed by atoms with E-state index < -0.39 is 0 Å². The lowest BCUT2D eigenvalue weighted by Gasteiger charge is -2.28. The Balaban J connectivity index is 4.01. The number of rotatable bonds is 8. The number of carbonyl (C=O) groups is 2. The van der Waals surface area contributed by atoms with E-state index in [9.17, 15) is 9.59 Å². The van der Waals surface area contributed by atoms with Crippen LogP contribution in [0.2, 0.25) is 0 Å². The predicted octanol–water partition coefficient (Wildman–Crippen LogP) is 2.17. The van der Waals surface area contributed by atoms with Gasteiger partial charge in [0.15, 0.2) is 0 Å². The number of carbonyl (C=O) groups excluding carboxylic acids is 2. The molecule has 0 saturated heterocycles. The fourth-order valence-electron chi connectivity index (χ4n) is 1.74. The molecule has 106 valence electrons. The number of Topliss-reactive ketones (excluding diaryl/α,β-unsaturated/α-hetero) is 1. The largest absolute Gasteiger partial charge is 0.380 e. The van der Waals surface area contributed by atoms with Crippen molar-refractivity contribution in [3.05, 3.63) is 0 Å². The molecular weight excluding hydrogens is 230 g/mol. The summed E-state index contributed by atoms with van der Waals surface area (Å²) in [6.07, 6.45) is 0.527. The van der Waals surface area contributed by atoms with Gasteiger partial charge in [-0.25, -0.2) is 0 Å². The van der Waals surface area contributed by atoms with Crippen LogP contribution < -0.4 is 5.32 Å². The highest BCUT2D eigenvalue weighted by molar-refractivity contribution is 5.76. The second-order valence-corrected chi connectivity index (χ2v) is 6.61. The van der Waals surface area contributed by atoms with Crippen molar-refractivity contribution in [3.8, 4) is 0 Å². The van der Waals surface area contributed by atoms with Gasteiger partial charge in [-0.1, -0.05) is 27.7 Å². The maximum Gasteiger partial charge on any atom is 0.216 e. The average Bonchev–Trinajstić information content (AvgIpc) is 2.12. The van der Waals surface area contributed by atoms with E-state index in [1.54, 1.807) is 6.92 Å². The van der Waals surface area contributed by atoms with Crippen LogP contribution in [0.5, 0.6) is 0 Å². The lowest BCUT2D eigenvalue weighted by atomic mass is 9.88. The molecule has 0 atom stereocenters. The van der Waals surface area contributed by atoms with Crippen molar-refractivity contribution in [3.63, 3.8) is 0 Å². The third-order valence-electron chi connectivity index (χ3n) is 2.53. The Bertz CT molecular complexity index is 295. The zero-order valence-corrected chi connectivity index (χ0v) is 12.6. The summed E-state index contributed by atoms with van der Waals surface area (Å²) in [5.41, 5.74) is -0.228. The smallest absolute Gasteiger partial charge is 0.216 e. The molecule has 0 bridgehead atoms. The van der Waals surface area contributed by atoms with E-state index in [0.29, 0.717) is 26.2 Å². The van der Waals surface area contributed by atoms with Crippen molar-refractivity contribution in [2.24, 2.45) is 10.8 Å². The highest BCUT2D eigenvalue weighted by atomic mass is 16.5. The van der Waals surface area contributed by atoms with Gasteiger partial charge in [-0.05, 0) is 12.3 Å². The highest BCUT2D eigenvalue weighted by Gasteiger charge is 2.23. The Morgan fingerprint density at radius 1 is 1.00 bits per heavy atom. The van der Waals surface area contributed by atoms with E-state index in [2.05, 4.69) is 5.32 Å². The number of ether oxygens (including phenoxy) is 1. The topological polar surface area (TPSA) is 55.4 Å². The first-order valence-electron chi connectivity index (χ1n) is 6.36. The minimum Gasteiger partial charge on any atom is -0.380 e. The van der Waals surface area contributed by atoms with Crippen molar-refractivity contribution in [1.82, 2.24) is 5.32 Å². The Morgan fingerprint density at radius 3 is 1.94 bits per heavy atom. The molecule has 0 aliphatic heterocycles. The van der Waals surface area contributed by atoms with Gasteiger partial charge in [0.2, 0.25) is 5.91 Å². The third-order valence-corrected chi connectivity index (χ3v) is 2.53. The van der Waals surface area contributed by atoms with Gasteiger partial charge in [-0.3, -0.25) is 4.79 Å². The van der Waals surface area contributed by atoms with Crippen LogP contribution in [0.25, 0.3) is 0 Å². The molecule has 0 aliphatic carbocycles. The van der Waals surface area contributed by atoms with Crippen molar-refractivity contribution < 1.29 is 14.3 Å². The minimum absolute atomic E-state index is 0.0278. The van der Waals surface area contributed by atoms with E-state index in [4.69, 9.17) is 4.74 Å². The van der Waals surface area contributed by atoms with E-state index in [0.717, 1.165) is 0 Å². The Kier molecular flexibility index (Phi) is 6.54. The molecule has 0 heterocycles. The lowest BCUT2D eigenvalue weighted by molar-refractivity contribution is -0.121. The molecule has 4 nitrogen and oxygen atoms in total. The molecule has 0 unspecified atom stereocenters. The maximum absolute atomic E-state index is 11.1. The molecule has 1 amide bonds. The van der Waals surface area contributed by atoms with Crippen molar-refractivity contribution in [2.45, 2.75) is 48.0 Å². The second kappa shape index (κ2) is 6.88. The molecule has 0 spiro atoms. The molecule has 1 N–H and O–H groups in total. The van der Waals surface area contributed by atoms with E-state index in [1.165, 1.54) is 6.92 Å². The molecule has 0 radical (unpaired) electrons. The number of hydrogen-bond donors (Lipinski definition) is 1. The highest BCUT2D eigenvalue weighted by Crippen LogP contribution is 2.23. The molecule has 18 heavy (non-hydrogen) atoms. The monoisotopic (exact) mass is 257 g/mol. The Morgan fingerprint density at radius 2 is 1.50 bits per heavy atom. The van der Waals surface area contributed by atoms with Crippen LogP contribution >= 0.6 is 0 Å². The minimum atomic E-state index is -0.129. The molecule has 0 saturated carbocycles. The Hall–Kier alpha value is -0.900. The van der Waals surface area contributed by atoms with E-state index in [-0.39, 0.29) is 22.5 Å². The fourth-order valence-corrected chi connectivity index (χ4v) is 1.74. The van der Waals surface area contributed by atoms with Crippen LogP contribution in [0.3, 0.4) is 0 Å².